The smallest absolute Gasteiger partial charge is 0.191 e. The van der Waals surface area contributed by atoms with Crippen LogP contribution in [0.5, 0.6) is 5.75 Å². The molecule has 6 nitrogen and oxygen atoms in total. The third kappa shape index (κ3) is 6.25. The average Bonchev–Trinajstić information content (AvgIpc) is 2.75. The fraction of sp³-hybridized carbons (Fsp3) is 0.409. The molecule has 1 aliphatic rings. The zero-order valence-corrected chi connectivity index (χ0v) is 16.8. The molecule has 1 heterocycles. The van der Waals surface area contributed by atoms with Crippen molar-refractivity contribution in [1.29, 1.82) is 0 Å². The third-order valence-electron chi connectivity index (χ3n) is 4.78. The van der Waals surface area contributed by atoms with E-state index in [1.165, 1.54) is 11.1 Å². The number of guanidine groups is 1. The van der Waals surface area contributed by atoms with Gasteiger partial charge in [0.25, 0.3) is 0 Å². The van der Waals surface area contributed by atoms with Crippen LogP contribution in [-0.2, 0) is 24.4 Å². The van der Waals surface area contributed by atoms with Crippen molar-refractivity contribution < 1.29 is 9.47 Å². The first kappa shape index (κ1) is 20.2. The average molecular weight is 383 g/mol. The largest absolute Gasteiger partial charge is 0.497 e. The van der Waals surface area contributed by atoms with Gasteiger partial charge in [0, 0.05) is 39.8 Å². The second-order valence-electron chi connectivity index (χ2n) is 6.84. The highest BCUT2D eigenvalue weighted by Crippen LogP contribution is 2.12. The lowest BCUT2D eigenvalue weighted by atomic mass is 10.1. The maximum absolute atomic E-state index is 5.43. The number of morpholine rings is 1. The second-order valence-corrected chi connectivity index (χ2v) is 6.84. The minimum Gasteiger partial charge on any atom is -0.497 e. The summed E-state index contributed by atoms with van der Waals surface area (Å²) in [6.45, 7) is 6.06. The molecule has 0 bridgehead atoms. The Morgan fingerprint density at radius 1 is 1.00 bits per heavy atom. The molecule has 2 aromatic carbocycles. The van der Waals surface area contributed by atoms with Crippen LogP contribution < -0.4 is 15.4 Å². The predicted octanol–water partition coefficient (Wildman–Crippen LogP) is 2.39. The molecule has 0 atom stereocenters. The summed E-state index contributed by atoms with van der Waals surface area (Å²) in [4.78, 5) is 6.75. The standard InChI is InChI=1S/C22H30N4O2/c1-23-22(25-16-19-6-4-8-21(14-19)27-2)24-15-18-5-3-7-20(13-18)17-26-9-11-28-12-10-26/h3-8,13-14H,9-12,15-17H2,1-2H3,(H2,23,24,25). The topological polar surface area (TPSA) is 58.1 Å². The second kappa shape index (κ2) is 10.7. The molecule has 150 valence electrons. The summed E-state index contributed by atoms with van der Waals surface area (Å²) >= 11 is 0. The van der Waals surface area contributed by atoms with Crippen molar-refractivity contribution in [2.24, 2.45) is 4.99 Å². The molecule has 2 N–H and O–H groups in total. The lowest BCUT2D eigenvalue weighted by Gasteiger charge is -2.26. The quantitative estimate of drug-likeness (QED) is 0.569. The van der Waals surface area contributed by atoms with Crippen LogP contribution in [0.3, 0.4) is 0 Å². The number of aliphatic imine (C=N–C) groups is 1. The maximum atomic E-state index is 5.43. The van der Waals surface area contributed by atoms with E-state index in [-0.39, 0.29) is 0 Å². The van der Waals surface area contributed by atoms with Gasteiger partial charge in [0.15, 0.2) is 5.96 Å². The molecular weight excluding hydrogens is 352 g/mol. The Balaban J connectivity index is 1.49. The Labute approximate surface area is 167 Å². The van der Waals surface area contributed by atoms with Gasteiger partial charge >= 0.3 is 0 Å². The van der Waals surface area contributed by atoms with Crippen LogP contribution in [0.2, 0.25) is 0 Å². The molecule has 1 fully saturated rings. The molecule has 0 saturated carbocycles. The van der Waals surface area contributed by atoms with Gasteiger partial charge in [-0.2, -0.15) is 0 Å². The Hall–Kier alpha value is -2.57. The van der Waals surface area contributed by atoms with Crippen molar-refractivity contribution in [1.82, 2.24) is 15.5 Å². The molecule has 28 heavy (non-hydrogen) atoms. The van der Waals surface area contributed by atoms with Gasteiger partial charge in [0.1, 0.15) is 5.75 Å². The van der Waals surface area contributed by atoms with E-state index in [1.807, 2.05) is 18.2 Å². The summed E-state index contributed by atoms with van der Waals surface area (Å²) < 4.78 is 10.7. The van der Waals surface area contributed by atoms with Gasteiger partial charge in [-0.3, -0.25) is 9.89 Å². The maximum Gasteiger partial charge on any atom is 0.191 e. The fourth-order valence-corrected chi connectivity index (χ4v) is 3.23. The first-order valence-electron chi connectivity index (χ1n) is 9.72. The molecule has 6 heteroatoms. The number of rotatable bonds is 7. The highest BCUT2D eigenvalue weighted by Gasteiger charge is 2.10. The normalized spacial score (nSPS) is 15.3. The zero-order chi connectivity index (χ0) is 19.6. The fourth-order valence-electron chi connectivity index (χ4n) is 3.23. The van der Waals surface area contributed by atoms with Gasteiger partial charge < -0.3 is 20.1 Å². The number of ether oxygens (including phenoxy) is 2. The van der Waals surface area contributed by atoms with E-state index in [2.05, 4.69) is 50.9 Å². The lowest BCUT2D eigenvalue weighted by molar-refractivity contribution is 0.0342. The molecule has 3 rings (SSSR count). The van der Waals surface area contributed by atoms with Crippen molar-refractivity contribution in [3.63, 3.8) is 0 Å². The van der Waals surface area contributed by atoms with E-state index in [1.54, 1.807) is 14.2 Å². The minimum atomic E-state index is 0.688. The van der Waals surface area contributed by atoms with Gasteiger partial charge in [0.05, 0.1) is 20.3 Å². The molecule has 0 amide bonds. The first-order valence-corrected chi connectivity index (χ1v) is 9.72. The van der Waals surface area contributed by atoms with E-state index in [0.29, 0.717) is 6.54 Å². The van der Waals surface area contributed by atoms with Crippen LogP contribution in [0, 0.1) is 0 Å². The SMILES string of the molecule is CN=C(NCc1cccc(CN2CCOCC2)c1)NCc1cccc(OC)c1. The number of methoxy groups -OCH3 is 1. The summed E-state index contributed by atoms with van der Waals surface area (Å²) in [5.74, 6) is 1.64. The Kier molecular flexibility index (Phi) is 7.70. The van der Waals surface area contributed by atoms with Crippen LogP contribution in [0.1, 0.15) is 16.7 Å². The summed E-state index contributed by atoms with van der Waals surface area (Å²) in [5, 5.41) is 6.74. The zero-order valence-electron chi connectivity index (χ0n) is 16.8. The van der Waals surface area contributed by atoms with Crippen LogP contribution >= 0.6 is 0 Å². The molecule has 0 unspecified atom stereocenters. The van der Waals surface area contributed by atoms with E-state index in [0.717, 1.165) is 56.7 Å². The predicted molar refractivity (Wildman–Crippen MR) is 113 cm³/mol. The van der Waals surface area contributed by atoms with Gasteiger partial charge in [-0.25, -0.2) is 0 Å². The van der Waals surface area contributed by atoms with Gasteiger partial charge in [0.2, 0.25) is 0 Å². The Morgan fingerprint density at radius 2 is 1.64 bits per heavy atom. The third-order valence-corrected chi connectivity index (χ3v) is 4.78. The highest BCUT2D eigenvalue weighted by molar-refractivity contribution is 5.79. The van der Waals surface area contributed by atoms with Gasteiger partial charge in [-0.1, -0.05) is 36.4 Å². The van der Waals surface area contributed by atoms with Gasteiger partial charge in [-0.15, -0.1) is 0 Å². The Morgan fingerprint density at radius 3 is 2.32 bits per heavy atom. The number of hydrogen-bond donors (Lipinski definition) is 2. The summed E-state index contributed by atoms with van der Waals surface area (Å²) in [5.41, 5.74) is 3.73. The number of benzene rings is 2. The molecule has 0 spiro atoms. The Bertz CT molecular complexity index is 773. The molecule has 0 radical (unpaired) electrons. The van der Waals surface area contributed by atoms with E-state index < -0.39 is 0 Å². The van der Waals surface area contributed by atoms with Gasteiger partial charge in [-0.05, 0) is 28.8 Å². The minimum absolute atomic E-state index is 0.688. The monoisotopic (exact) mass is 382 g/mol. The van der Waals surface area contributed by atoms with Crippen LogP contribution in [0.25, 0.3) is 0 Å². The van der Waals surface area contributed by atoms with Crippen LogP contribution in [-0.4, -0.2) is 51.3 Å². The molecule has 0 aliphatic carbocycles. The molecule has 1 saturated heterocycles. The summed E-state index contributed by atoms with van der Waals surface area (Å²) in [6, 6.07) is 16.7. The van der Waals surface area contributed by atoms with Crippen molar-refractivity contribution >= 4 is 5.96 Å². The van der Waals surface area contributed by atoms with Crippen molar-refractivity contribution in [2.75, 3.05) is 40.5 Å². The molecule has 2 aromatic rings. The summed E-state index contributed by atoms with van der Waals surface area (Å²) in [6.07, 6.45) is 0. The van der Waals surface area contributed by atoms with E-state index in [4.69, 9.17) is 9.47 Å². The van der Waals surface area contributed by atoms with E-state index in [9.17, 15) is 0 Å². The van der Waals surface area contributed by atoms with Crippen LogP contribution in [0.15, 0.2) is 53.5 Å². The highest BCUT2D eigenvalue weighted by atomic mass is 16.5. The van der Waals surface area contributed by atoms with Crippen molar-refractivity contribution in [3.8, 4) is 5.75 Å². The number of hydrogen-bond acceptors (Lipinski definition) is 4. The van der Waals surface area contributed by atoms with Crippen molar-refractivity contribution in [2.45, 2.75) is 19.6 Å². The molecular formula is C22H30N4O2. The lowest BCUT2D eigenvalue weighted by Crippen LogP contribution is -2.36. The number of nitrogens with one attached hydrogen (secondary N) is 2. The molecule has 1 aliphatic heterocycles. The summed E-state index contributed by atoms with van der Waals surface area (Å²) in [7, 11) is 3.47. The van der Waals surface area contributed by atoms with Crippen molar-refractivity contribution in [3.05, 3.63) is 65.2 Å². The number of nitrogens with zero attached hydrogens (tertiary/aromatic N) is 2. The van der Waals surface area contributed by atoms with E-state index >= 15 is 0 Å². The molecule has 0 aromatic heterocycles. The first-order chi connectivity index (χ1) is 13.8. The van der Waals surface area contributed by atoms with Crippen LogP contribution in [0.4, 0.5) is 0 Å².